The Labute approximate surface area is 119 Å². The second kappa shape index (κ2) is 5.81. The number of hydrogen-bond donors (Lipinski definition) is 0. The number of nitriles is 1. The van der Waals surface area contributed by atoms with E-state index >= 15 is 0 Å². The fraction of sp³-hybridized carbons (Fsp3) is 0.0667. The predicted octanol–water partition coefficient (Wildman–Crippen LogP) is 4.11. The topological polar surface area (TPSA) is 40.9 Å². The average Bonchev–Trinajstić information content (AvgIpc) is 2.43. The Balaban J connectivity index is 2.46. The summed E-state index contributed by atoms with van der Waals surface area (Å²) in [6.07, 6.45) is 0. The lowest BCUT2D eigenvalue weighted by Gasteiger charge is -2.11. The Morgan fingerprint density at radius 3 is 2.35 bits per heavy atom. The van der Waals surface area contributed by atoms with Gasteiger partial charge in [0.1, 0.15) is 17.6 Å². The number of hydrogen-bond acceptors (Lipinski definition) is 2. The molecule has 0 amide bonds. The molecule has 100 valence electrons. The average molecular weight is 292 g/mol. The fourth-order valence-corrected chi connectivity index (χ4v) is 2.09. The second-order valence-corrected chi connectivity index (χ2v) is 4.48. The largest absolute Gasteiger partial charge is 0.292 e. The minimum absolute atomic E-state index is 0.00649. The summed E-state index contributed by atoms with van der Waals surface area (Å²) >= 11 is 5.86. The Kier molecular flexibility index (Phi) is 4.11. The maximum Gasteiger partial charge on any atom is 0.184 e. The molecule has 0 aromatic heterocycles. The van der Waals surface area contributed by atoms with Crippen LogP contribution in [0.15, 0.2) is 42.5 Å². The van der Waals surface area contributed by atoms with Crippen LogP contribution >= 0.6 is 11.6 Å². The predicted molar refractivity (Wildman–Crippen MR) is 70.5 cm³/mol. The minimum atomic E-state index is -1.37. The fourth-order valence-electron chi connectivity index (χ4n) is 1.82. The van der Waals surface area contributed by atoms with Gasteiger partial charge in [0.05, 0.1) is 6.07 Å². The maximum absolute atomic E-state index is 13.8. The van der Waals surface area contributed by atoms with E-state index in [4.69, 9.17) is 16.9 Å². The van der Waals surface area contributed by atoms with Crippen molar-refractivity contribution in [2.24, 2.45) is 0 Å². The van der Waals surface area contributed by atoms with Crippen LogP contribution < -0.4 is 0 Å². The standard InChI is InChI=1S/C15H8ClF2NO/c16-12-2-1-3-13(18)14(12)11(8-19)15(20)9-4-6-10(17)7-5-9/h1-7,11H. The molecule has 0 fully saturated rings. The van der Waals surface area contributed by atoms with E-state index in [1.807, 2.05) is 0 Å². The number of carbonyl (C=O) groups excluding carboxylic acids is 1. The van der Waals surface area contributed by atoms with Gasteiger partial charge in [-0.2, -0.15) is 5.26 Å². The van der Waals surface area contributed by atoms with E-state index in [2.05, 4.69) is 0 Å². The Morgan fingerprint density at radius 2 is 1.80 bits per heavy atom. The van der Waals surface area contributed by atoms with Gasteiger partial charge in [-0.1, -0.05) is 17.7 Å². The molecule has 0 aliphatic rings. The Hall–Kier alpha value is -2.25. The maximum atomic E-state index is 13.8. The molecule has 5 heteroatoms. The van der Waals surface area contributed by atoms with Gasteiger partial charge in [-0.25, -0.2) is 8.78 Å². The van der Waals surface area contributed by atoms with Crippen molar-refractivity contribution in [3.8, 4) is 6.07 Å². The van der Waals surface area contributed by atoms with Crippen molar-refractivity contribution in [2.75, 3.05) is 0 Å². The molecule has 0 aliphatic carbocycles. The van der Waals surface area contributed by atoms with Crippen LogP contribution in [0.5, 0.6) is 0 Å². The van der Waals surface area contributed by atoms with Gasteiger partial charge in [-0.05, 0) is 36.4 Å². The summed E-state index contributed by atoms with van der Waals surface area (Å²) < 4.78 is 26.6. The third kappa shape index (κ3) is 2.68. The van der Waals surface area contributed by atoms with Crippen molar-refractivity contribution >= 4 is 17.4 Å². The van der Waals surface area contributed by atoms with Crippen LogP contribution in [0.3, 0.4) is 0 Å². The van der Waals surface area contributed by atoms with Gasteiger partial charge in [0.15, 0.2) is 5.78 Å². The molecular weight excluding hydrogens is 284 g/mol. The third-order valence-corrected chi connectivity index (χ3v) is 3.14. The summed E-state index contributed by atoms with van der Waals surface area (Å²) in [6, 6.07) is 10.4. The van der Waals surface area contributed by atoms with Gasteiger partial charge < -0.3 is 0 Å². The van der Waals surface area contributed by atoms with Crippen LogP contribution in [-0.2, 0) is 0 Å². The summed E-state index contributed by atoms with van der Waals surface area (Å²) in [5, 5.41) is 9.15. The number of nitrogens with zero attached hydrogens (tertiary/aromatic N) is 1. The first kappa shape index (κ1) is 14.2. The number of rotatable bonds is 3. The molecule has 2 aromatic rings. The van der Waals surface area contributed by atoms with Gasteiger partial charge in [0.25, 0.3) is 0 Å². The molecule has 0 heterocycles. The van der Waals surface area contributed by atoms with E-state index in [1.54, 1.807) is 6.07 Å². The molecule has 2 rings (SSSR count). The molecule has 0 spiro atoms. The van der Waals surface area contributed by atoms with Crippen molar-refractivity contribution in [1.82, 2.24) is 0 Å². The van der Waals surface area contributed by atoms with Crippen LogP contribution in [0.25, 0.3) is 0 Å². The number of carbonyl (C=O) groups is 1. The Bertz CT molecular complexity index is 672. The molecule has 0 bridgehead atoms. The van der Waals surface area contributed by atoms with Crippen LogP contribution in [-0.4, -0.2) is 5.78 Å². The van der Waals surface area contributed by atoms with E-state index in [9.17, 15) is 13.6 Å². The highest BCUT2D eigenvalue weighted by Crippen LogP contribution is 2.29. The normalized spacial score (nSPS) is 11.7. The number of benzene rings is 2. The van der Waals surface area contributed by atoms with Gasteiger partial charge >= 0.3 is 0 Å². The molecule has 0 saturated carbocycles. The first-order valence-corrected chi connectivity index (χ1v) is 6.05. The first-order chi connectivity index (χ1) is 9.54. The molecule has 0 saturated heterocycles. The summed E-state index contributed by atoms with van der Waals surface area (Å²) in [5.41, 5.74) is -0.0386. The highest BCUT2D eigenvalue weighted by Gasteiger charge is 2.26. The van der Waals surface area contributed by atoms with Crippen molar-refractivity contribution in [1.29, 1.82) is 5.26 Å². The van der Waals surface area contributed by atoms with Crippen molar-refractivity contribution in [2.45, 2.75) is 5.92 Å². The summed E-state index contributed by atoms with van der Waals surface area (Å²) in [6.45, 7) is 0. The SMILES string of the molecule is N#CC(C(=O)c1ccc(F)cc1)c1c(F)cccc1Cl. The molecule has 0 aliphatic heterocycles. The zero-order valence-electron chi connectivity index (χ0n) is 10.1. The molecule has 20 heavy (non-hydrogen) atoms. The van der Waals surface area contributed by atoms with E-state index in [1.165, 1.54) is 24.3 Å². The lowest BCUT2D eigenvalue weighted by Crippen LogP contribution is -2.13. The number of halogens is 3. The van der Waals surface area contributed by atoms with E-state index in [0.29, 0.717) is 0 Å². The highest BCUT2D eigenvalue weighted by molar-refractivity contribution is 6.31. The lowest BCUT2D eigenvalue weighted by atomic mass is 9.91. The van der Waals surface area contributed by atoms with Gasteiger partial charge in [-0.15, -0.1) is 0 Å². The smallest absolute Gasteiger partial charge is 0.184 e. The molecule has 0 radical (unpaired) electrons. The first-order valence-electron chi connectivity index (χ1n) is 5.68. The third-order valence-electron chi connectivity index (χ3n) is 2.81. The van der Waals surface area contributed by atoms with Crippen LogP contribution in [0.4, 0.5) is 8.78 Å². The lowest BCUT2D eigenvalue weighted by molar-refractivity contribution is 0.0977. The zero-order chi connectivity index (χ0) is 14.7. The van der Waals surface area contributed by atoms with Crippen molar-refractivity contribution in [3.05, 3.63) is 70.2 Å². The summed E-state index contributed by atoms with van der Waals surface area (Å²) in [7, 11) is 0. The van der Waals surface area contributed by atoms with Crippen molar-refractivity contribution in [3.63, 3.8) is 0 Å². The summed E-state index contributed by atoms with van der Waals surface area (Å²) in [5.74, 6) is -3.22. The molecule has 1 atom stereocenters. The molecule has 0 N–H and O–H groups in total. The summed E-state index contributed by atoms with van der Waals surface area (Å²) in [4.78, 5) is 12.2. The van der Waals surface area contributed by atoms with Crippen LogP contribution in [0.2, 0.25) is 5.02 Å². The van der Waals surface area contributed by atoms with Crippen LogP contribution in [0, 0.1) is 23.0 Å². The van der Waals surface area contributed by atoms with Crippen LogP contribution in [0.1, 0.15) is 21.8 Å². The van der Waals surface area contributed by atoms with E-state index in [0.717, 1.165) is 18.2 Å². The Morgan fingerprint density at radius 1 is 1.15 bits per heavy atom. The number of ketones is 1. The second-order valence-electron chi connectivity index (χ2n) is 4.07. The van der Waals surface area contributed by atoms with E-state index < -0.39 is 23.3 Å². The minimum Gasteiger partial charge on any atom is -0.292 e. The quantitative estimate of drug-likeness (QED) is 0.799. The van der Waals surface area contributed by atoms with Gasteiger partial charge in [0, 0.05) is 16.1 Å². The van der Waals surface area contributed by atoms with Gasteiger partial charge in [-0.3, -0.25) is 4.79 Å². The van der Waals surface area contributed by atoms with E-state index in [-0.39, 0.29) is 16.1 Å². The number of Topliss-reactive ketones (excluding diaryl/α,β-unsaturated/α-hetero) is 1. The molecular formula is C15H8ClF2NO. The van der Waals surface area contributed by atoms with Crippen molar-refractivity contribution < 1.29 is 13.6 Å². The molecule has 2 aromatic carbocycles. The molecule has 1 unspecified atom stereocenters. The van der Waals surface area contributed by atoms with Gasteiger partial charge in [0.2, 0.25) is 0 Å². The monoisotopic (exact) mass is 291 g/mol. The highest BCUT2D eigenvalue weighted by atomic mass is 35.5. The zero-order valence-corrected chi connectivity index (χ0v) is 10.9. The molecule has 2 nitrogen and oxygen atoms in total.